The van der Waals surface area contributed by atoms with Crippen LogP contribution in [-0.2, 0) is 6.54 Å². The molecular weight excluding hydrogens is 290 g/mol. The van der Waals surface area contributed by atoms with Crippen LogP contribution in [0.4, 0.5) is 0 Å². The third-order valence-corrected chi connectivity index (χ3v) is 5.31. The molecular formula is C18H25N3S. The van der Waals surface area contributed by atoms with Gasteiger partial charge in [-0.15, -0.1) is 0 Å². The third kappa shape index (κ3) is 3.94. The van der Waals surface area contributed by atoms with E-state index in [1.165, 1.54) is 17.7 Å². The molecule has 2 aromatic rings. The molecule has 1 aliphatic heterocycles. The highest BCUT2D eigenvalue weighted by molar-refractivity contribution is 7.07. The summed E-state index contributed by atoms with van der Waals surface area (Å²) in [6.07, 6.45) is 3.10. The molecule has 0 aromatic carbocycles. The Morgan fingerprint density at radius 2 is 2.32 bits per heavy atom. The number of likely N-dealkylation sites (tertiary alicyclic amines) is 1. The molecule has 3 nitrogen and oxygen atoms in total. The summed E-state index contributed by atoms with van der Waals surface area (Å²) in [5, 5.41) is 8.23. The van der Waals surface area contributed by atoms with Gasteiger partial charge in [0.25, 0.3) is 0 Å². The lowest BCUT2D eigenvalue weighted by Crippen LogP contribution is -2.48. The van der Waals surface area contributed by atoms with Crippen LogP contribution in [0.3, 0.4) is 0 Å². The first-order valence-corrected chi connectivity index (χ1v) is 9.07. The molecule has 22 heavy (non-hydrogen) atoms. The van der Waals surface area contributed by atoms with Gasteiger partial charge in [-0.05, 0) is 53.8 Å². The Balaban J connectivity index is 1.52. The summed E-state index contributed by atoms with van der Waals surface area (Å²) in [5.74, 6) is 0.665. The van der Waals surface area contributed by atoms with E-state index in [0.717, 1.165) is 19.6 Å². The second-order valence-corrected chi connectivity index (χ2v) is 7.15. The lowest BCUT2D eigenvalue weighted by molar-refractivity contribution is 0.134. The molecule has 0 saturated carbocycles. The van der Waals surface area contributed by atoms with E-state index in [4.69, 9.17) is 0 Å². The van der Waals surface area contributed by atoms with Crippen molar-refractivity contribution >= 4 is 11.3 Å². The zero-order valence-electron chi connectivity index (χ0n) is 13.4. The van der Waals surface area contributed by atoms with Crippen LogP contribution < -0.4 is 5.32 Å². The molecule has 118 valence electrons. The lowest BCUT2D eigenvalue weighted by atomic mass is 9.92. The maximum atomic E-state index is 4.44. The van der Waals surface area contributed by atoms with Crippen LogP contribution in [0.25, 0.3) is 0 Å². The van der Waals surface area contributed by atoms with Gasteiger partial charge in [-0.1, -0.05) is 13.0 Å². The highest BCUT2D eigenvalue weighted by Gasteiger charge is 2.27. The van der Waals surface area contributed by atoms with Gasteiger partial charge in [-0.3, -0.25) is 9.88 Å². The number of hydrogen-bond donors (Lipinski definition) is 1. The Hall–Kier alpha value is -1.23. The minimum Gasteiger partial charge on any atom is -0.307 e. The number of nitrogens with one attached hydrogen (secondary N) is 1. The van der Waals surface area contributed by atoms with Gasteiger partial charge >= 0.3 is 0 Å². The van der Waals surface area contributed by atoms with Crippen molar-refractivity contribution in [3.63, 3.8) is 0 Å². The minimum absolute atomic E-state index is 0.445. The molecule has 3 rings (SSSR count). The zero-order valence-corrected chi connectivity index (χ0v) is 14.2. The van der Waals surface area contributed by atoms with Gasteiger partial charge in [0, 0.05) is 37.9 Å². The molecule has 4 heteroatoms. The smallest absolute Gasteiger partial charge is 0.0543 e. The third-order valence-electron chi connectivity index (χ3n) is 4.61. The molecule has 0 amide bonds. The highest BCUT2D eigenvalue weighted by Crippen LogP contribution is 2.23. The summed E-state index contributed by atoms with van der Waals surface area (Å²) < 4.78 is 0. The average molecular weight is 315 g/mol. The molecule has 1 fully saturated rings. The molecule has 0 aliphatic carbocycles. The fourth-order valence-electron chi connectivity index (χ4n) is 3.28. The Morgan fingerprint density at radius 3 is 3.00 bits per heavy atom. The maximum Gasteiger partial charge on any atom is 0.0543 e. The average Bonchev–Trinajstić information content (AvgIpc) is 3.05. The van der Waals surface area contributed by atoms with Crippen molar-refractivity contribution in [1.29, 1.82) is 0 Å². The normalized spacial score (nSPS) is 24.3. The number of hydrogen-bond acceptors (Lipinski definition) is 4. The summed E-state index contributed by atoms with van der Waals surface area (Å²) in [4.78, 5) is 6.97. The topological polar surface area (TPSA) is 28.2 Å². The monoisotopic (exact) mass is 315 g/mol. The van der Waals surface area contributed by atoms with E-state index in [0.29, 0.717) is 18.0 Å². The van der Waals surface area contributed by atoms with Crippen molar-refractivity contribution in [2.45, 2.75) is 38.9 Å². The van der Waals surface area contributed by atoms with Gasteiger partial charge in [-0.25, -0.2) is 0 Å². The molecule has 0 bridgehead atoms. The highest BCUT2D eigenvalue weighted by atomic mass is 32.1. The number of piperidine rings is 1. The Morgan fingerprint density at radius 1 is 1.41 bits per heavy atom. The number of rotatable bonds is 5. The van der Waals surface area contributed by atoms with Crippen LogP contribution in [0.1, 0.15) is 37.6 Å². The molecule has 1 N–H and O–H groups in total. The van der Waals surface area contributed by atoms with Crippen LogP contribution >= 0.6 is 11.3 Å². The van der Waals surface area contributed by atoms with Crippen molar-refractivity contribution < 1.29 is 0 Å². The molecule has 3 unspecified atom stereocenters. The predicted octanol–water partition coefficient (Wildman–Crippen LogP) is 3.70. The Bertz CT molecular complexity index is 555. The van der Waals surface area contributed by atoms with Crippen molar-refractivity contribution in [3.05, 3.63) is 52.5 Å². The van der Waals surface area contributed by atoms with Crippen LogP contribution in [0.2, 0.25) is 0 Å². The molecule has 0 spiro atoms. The Kier molecular flexibility index (Phi) is 5.24. The fraction of sp³-hybridized carbons (Fsp3) is 0.500. The van der Waals surface area contributed by atoms with E-state index >= 15 is 0 Å². The first-order valence-electron chi connectivity index (χ1n) is 8.13. The van der Waals surface area contributed by atoms with E-state index in [2.05, 4.69) is 58.0 Å². The Labute approximate surface area is 137 Å². The molecule has 3 atom stereocenters. The van der Waals surface area contributed by atoms with Gasteiger partial charge in [0.1, 0.15) is 0 Å². The number of pyridine rings is 1. The zero-order chi connectivity index (χ0) is 15.4. The number of aromatic nitrogens is 1. The van der Waals surface area contributed by atoms with Crippen molar-refractivity contribution in [2.24, 2.45) is 5.92 Å². The summed E-state index contributed by atoms with van der Waals surface area (Å²) in [6, 6.07) is 9.45. The molecule has 3 heterocycles. The van der Waals surface area contributed by atoms with Crippen LogP contribution in [0, 0.1) is 5.92 Å². The molecule has 1 aliphatic rings. The van der Waals surface area contributed by atoms with E-state index in [1.807, 2.05) is 12.3 Å². The van der Waals surface area contributed by atoms with Gasteiger partial charge in [0.15, 0.2) is 0 Å². The SMILES string of the molecule is CC(NC1CCN(Cc2ccccn2)CC1C)c1ccsc1. The predicted molar refractivity (Wildman–Crippen MR) is 93.0 cm³/mol. The van der Waals surface area contributed by atoms with Crippen molar-refractivity contribution in [1.82, 2.24) is 15.2 Å². The van der Waals surface area contributed by atoms with Crippen LogP contribution in [0.15, 0.2) is 41.2 Å². The fourth-order valence-corrected chi connectivity index (χ4v) is 4.04. The summed E-state index contributed by atoms with van der Waals surface area (Å²) in [7, 11) is 0. The maximum absolute atomic E-state index is 4.44. The van der Waals surface area contributed by atoms with E-state index in [-0.39, 0.29) is 0 Å². The summed E-state index contributed by atoms with van der Waals surface area (Å²) >= 11 is 1.78. The van der Waals surface area contributed by atoms with Gasteiger partial charge in [0.2, 0.25) is 0 Å². The number of nitrogens with zero attached hydrogens (tertiary/aromatic N) is 2. The standard InChI is InChI=1S/C18H25N3S/c1-14-11-21(12-17-5-3-4-8-19-17)9-6-18(14)20-15(2)16-7-10-22-13-16/h3-5,7-8,10,13-15,18,20H,6,9,11-12H2,1-2H3. The first-order chi connectivity index (χ1) is 10.7. The van der Waals surface area contributed by atoms with Crippen LogP contribution in [-0.4, -0.2) is 29.0 Å². The van der Waals surface area contributed by atoms with Gasteiger partial charge in [0.05, 0.1) is 5.69 Å². The van der Waals surface area contributed by atoms with Crippen LogP contribution in [0.5, 0.6) is 0 Å². The second kappa shape index (κ2) is 7.36. The molecule has 0 radical (unpaired) electrons. The second-order valence-electron chi connectivity index (χ2n) is 6.37. The number of thiophene rings is 1. The summed E-state index contributed by atoms with van der Waals surface area (Å²) in [5.41, 5.74) is 2.58. The first kappa shape index (κ1) is 15.7. The quantitative estimate of drug-likeness (QED) is 0.912. The largest absolute Gasteiger partial charge is 0.307 e. The van der Waals surface area contributed by atoms with Gasteiger partial charge in [-0.2, -0.15) is 11.3 Å². The van der Waals surface area contributed by atoms with E-state index in [9.17, 15) is 0 Å². The van der Waals surface area contributed by atoms with Gasteiger partial charge < -0.3 is 5.32 Å². The van der Waals surface area contributed by atoms with Crippen molar-refractivity contribution in [3.8, 4) is 0 Å². The minimum atomic E-state index is 0.445. The lowest BCUT2D eigenvalue weighted by Gasteiger charge is -2.38. The van der Waals surface area contributed by atoms with E-state index < -0.39 is 0 Å². The van der Waals surface area contributed by atoms with E-state index in [1.54, 1.807) is 11.3 Å². The summed E-state index contributed by atoms with van der Waals surface area (Å²) in [6.45, 7) is 7.90. The molecule has 1 saturated heterocycles. The van der Waals surface area contributed by atoms with Crippen molar-refractivity contribution in [2.75, 3.05) is 13.1 Å². The molecule has 2 aromatic heterocycles.